The van der Waals surface area contributed by atoms with E-state index in [0.717, 1.165) is 12.8 Å². The summed E-state index contributed by atoms with van der Waals surface area (Å²) < 4.78 is 0. The molecule has 0 unspecified atom stereocenters. The van der Waals surface area contributed by atoms with Crippen molar-refractivity contribution in [1.82, 2.24) is 9.80 Å². The normalized spacial score (nSPS) is 17.4. The molecule has 0 saturated heterocycles. The van der Waals surface area contributed by atoms with Crippen LogP contribution in [0.25, 0.3) is 0 Å². The Balaban J connectivity index is 0.000000480. The highest BCUT2D eigenvalue weighted by atomic mass is 16.1. The van der Waals surface area contributed by atoms with Crippen molar-refractivity contribution >= 4 is 18.8 Å². The minimum absolute atomic E-state index is 0.533. The third kappa shape index (κ3) is 15.6. The molecule has 0 heterocycles. The van der Waals surface area contributed by atoms with E-state index in [-0.39, 0.29) is 0 Å². The summed E-state index contributed by atoms with van der Waals surface area (Å²) in [7, 11) is 6.75. The van der Waals surface area contributed by atoms with E-state index in [4.69, 9.17) is 0 Å². The molecule has 0 aromatic rings. The molecule has 144 valence electrons. The molecule has 0 aromatic carbocycles. The van der Waals surface area contributed by atoms with Crippen molar-refractivity contribution in [3.8, 4) is 0 Å². The van der Waals surface area contributed by atoms with Crippen LogP contribution in [0.15, 0.2) is 9.98 Å². The predicted molar refractivity (Wildman–Crippen MR) is 103 cm³/mol. The summed E-state index contributed by atoms with van der Waals surface area (Å²) in [6.45, 7) is 0. The van der Waals surface area contributed by atoms with Gasteiger partial charge in [-0.1, -0.05) is 38.5 Å². The van der Waals surface area contributed by atoms with E-state index in [0.29, 0.717) is 12.1 Å². The van der Waals surface area contributed by atoms with E-state index in [2.05, 4.69) is 16.0 Å². The first-order valence-corrected chi connectivity index (χ1v) is 9.37. The topological polar surface area (TPSA) is 65.3 Å². The largest absolute Gasteiger partial charge is 0.351 e. The lowest BCUT2D eigenvalue weighted by Crippen LogP contribution is -2.10. The van der Waals surface area contributed by atoms with Crippen LogP contribution in [0, 0.1) is 0 Å². The second-order valence-corrected chi connectivity index (χ2v) is 7.08. The SMILES string of the molecule is C(=NC1CCCCC1)=NC1CCCCC1.CN(C)C=O.CN(C)C=O. The Morgan fingerprint density at radius 2 is 0.960 bits per heavy atom. The third-order valence-electron chi connectivity index (χ3n) is 4.05. The Kier molecular flexibility index (Phi) is 14.8. The van der Waals surface area contributed by atoms with Crippen LogP contribution in [0.2, 0.25) is 0 Å². The molecule has 0 bridgehead atoms. The monoisotopic (exact) mass is 352 g/mol. The number of carbonyl (C=O) groups excluding carboxylic acids is 2. The van der Waals surface area contributed by atoms with Gasteiger partial charge in [-0.25, -0.2) is 9.98 Å². The van der Waals surface area contributed by atoms with Crippen LogP contribution in [0.3, 0.4) is 0 Å². The van der Waals surface area contributed by atoms with Crippen LogP contribution >= 0.6 is 0 Å². The maximum absolute atomic E-state index is 9.43. The predicted octanol–water partition coefficient (Wildman–Crippen LogP) is 3.23. The summed E-state index contributed by atoms with van der Waals surface area (Å²) in [6, 6.07) is 4.04. The van der Waals surface area contributed by atoms with E-state index >= 15 is 0 Å². The van der Waals surface area contributed by atoms with Gasteiger partial charge in [-0.2, -0.15) is 0 Å². The molecule has 25 heavy (non-hydrogen) atoms. The van der Waals surface area contributed by atoms with Gasteiger partial charge in [0.2, 0.25) is 12.8 Å². The third-order valence-corrected chi connectivity index (χ3v) is 4.05. The molecule has 2 fully saturated rings. The van der Waals surface area contributed by atoms with Crippen molar-refractivity contribution < 1.29 is 9.59 Å². The van der Waals surface area contributed by atoms with Gasteiger partial charge in [0.05, 0.1) is 18.1 Å². The van der Waals surface area contributed by atoms with Crippen molar-refractivity contribution in [1.29, 1.82) is 0 Å². The maximum Gasteiger partial charge on any atom is 0.209 e. The molecular weight excluding hydrogens is 316 g/mol. The standard InChI is InChI=1S/C13H22N2.2C3H7NO/c1-3-7-12(8-4-1)14-11-15-13-9-5-2-6-10-13;2*1-4(2)3-5/h12-13H,1-10H2;2*3H,1-2H3. The fourth-order valence-corrected chi connectivity index (χ4v) is 2.62. The summed E-state index contributed by atoms with van der Waals surface area (Å²) in [6.07, 6.45) is 14.7. The fourth-order valence-electron chi connectivity index (χ4n) is 2.62. The molecule has 2 amide bonds. The van der Waals surface area contributed by atoms with Crippen molar-refractivity contribution in [3.05, 3.63) is 0 Å². The van der Waals surface area contributed by atoms with E-state index < -0.39 is 0 Å². The minimum atomic E-state index is 0.533. The first-order valence-electron chi connectivity index (χ1n) is 9.37. The molecule has 0 spiro atoms. The lowest BCUT2D eigenvalue weighted by Gasteiger charge is -2.17. The Hall–Kier alpha value is -1.68. The number of carbonyl (C=O) groups is 2. The molecular formula is C19H36N4O2. The number of hydrogen-bond acceptors (Lipinski definition) is 4. The Morgan fingerprint density at radius 3 is 1.20 bits per heavy atom. The maximum atomic E-state index is 9.43. The minimum Gasteiger partial charge on any atom is -0.351 e. The van der Waals surface area contributed by atoms with Gasteiger partial charge in [-0.05, 0) is 25.7 Å². The van der Waals surface area contributed by atoms with Crippen LogP contribution in [0.5, 0.6) is 0 Å². The van der Waals surface area contributed by atoms with E-state index in [1.807, 2.05) is 0 Å². The van der Waals surface area contributed by atoms with E-state index in [1.165, 1.54) is 74.0 Å². The number of amides is 2. The van der Waals surface area contributed by atoms with Gasteiger partial charge >= 0.3 is 0 Å². The zero-order valence-corrected chi connectivity index (χ0v) is 16.5. The lowest BCUT2D eigenvalue weighted by molar-refractivity contribution is -0.116. The zero-order chi connectivity index (χ0) is 18.9. The molecule has 0 radical (unpaired) electrons. The number of nitrogens with zero attached hydrogens (tertiary/aromatic N) is 4. The van der Waals surface area contributed by atoms with Crippen LogP contribution < -0.4 is 0 Å². The van der Waals surface area contributed by atoms with Crippen LogP contribution in [-0.4, -0.2) is 68.9 Å². The molecule has 2 rings (SSSR count). The number of aliphatic imine (C=N–C) groups is 2. The molecule has 6 nitrogen and oxygen atoms in total. The summed E-state index contributed by atoms with van der Waals surface area (Å²) in [4.78, 5) is 30.7. The number of rotatable bonds is 4. The highest BCUT2D eigenvalue weighted by Crippen LogP contribution is 2.21. The zero-order valence-electron chi connectivity index (χ0n) is 16.5. The summed E-state index contributed by atoms with van der Waals surface area (Å²) in [5, 5.41) is 0. The quantitative estimate of drug-likeness (QED) is 0.576. The molecule has 6 heteroatoms. The van der Waals surface area contributed by atoms with Crippen LogP contribution in [0.4, 0.5) is 0 Å². The van der Waals surface area contributed by atoms with E-state index in [9.17, 15) is 9.59 Å². The van der Waals surface area contributed by atoms with Crippen molar-refractivity contribution in [2.24, 2.45) is 9.98 Å². The Labute approximate surface area is 153 Å². The molecule has 2 aliphatic carbocycles. The van der Waals surface area contributed by atoms with Gasteiger partial charge in [0, 0.05) is 28.2 Å². The van der Waals surface area contributed by atoms with Crippen molar-refractivity contribution in [2.75, 3.05) is 28.2 Å². The van der Waals surface area contributed by atoms with Crippen molar-refractivity contribution in [3.63, 3.8) is 0 Å². The van der Waals surface area contributed by atoms with Gasteiger partial charge in [0.15, 0.2) is 0 Å². The van der Waals surface area contributed by atoms with Gasteiger partial charge in [-0.15, -0.1) is 0 Å². The second-order valence-electron chi connectivity index (χ2n) is 7.08. The first kappa shape index (κ1) is 23.3. The van der Waals surface area contributed by atoms with Gasteiger partial charge in [0.1, 0.15) is 0 Å². The Morgan fingerprint density at radius 1 is 0.680 bits per heavy atom. The Bertz CT molecular complexity index is 358. The van der Waals surface area contributed by atoms with Gasteiger partial charge in [-0.3, -0.25) is 9.59 Å². The second kappa shape index (κ2) is 15.8. The van der Waals surface area contributed by atoms with Crippen LogP contribution in [-0.2, 0) is 9.59 Å². The van der Waals surface area contributed by atoms with Crippen LogP contribution in [0.1, 0.15) is 64.2 Å². The fraction of sp³-hybridized carbons (Fsp3) is 0.842. The van der Waals surface area contributed by atoms with Gasteiger partial charge in [0.25, 0.3) is 0 Å². The molecule has 0 aromatic heterocycles. The smallest absolute Gasteiger partial charge is 0.209 e. The first-order chi connectivity index (χ1) is 12.0. The lowest BCUT2D eigenvalue weighted by atomic mass is 9.96. The average Bonchev–Trinajstić information content (AvgIpc) is 2.64. The van der Waals surface area contributed by atoms with Crippen molar-refractivity contribution in [2.45, 2.75) is 76.3 Å². The number of hydrogen-bond donors (Lipinski definition) is 0. The molecule has 0 N–H and O–H groups in total. The highest BCUT2D eigenvalue weighted by Gasteiger charge is 2.12. The molecule has 0 atom stereocenters. The average molecular weight is 353 g/mol. The van der Waals surface area contributed by atoms with Gasteiger partial charge < -0.3 is 9.80 Å². The molecule has 2 aliphatic rings. The highest BCUT2D eigenvalue weighted by molar-refractivity contribution is 5.45. The van der Waals surface area contributed by atoms with E-state index in [1.54, 1.807) is 28.2 Å². The summed E-state index contributed by atoms with van der Waals surface area (Å²) in [5.41, 5.74) is 0. The summed E-state index contributed by atoms with van der Waals surface area (Å²) in [5.74, 6) is 0. The summed E-state index contributed by atoms with van der Waals surface area (Å²) >= 11 is 0. The molecule has 0 aliphatic heterocycles. The molecule has 2 saturated carbocycles.